The van der Waals surface area contributed by atoms with Crippen molar-refractivity contribution in [2.24, 2.45) is 5.73 Å². The van der Waals surface area contributed by atoms with Crippen LogP contribution < -0.4 is 5.73 Å². The van der Waals surface area contributed by atoms with Gasteiger partial charge in [-0.3, -0.25) is 0 Å². The van der Waals surface area contributed by atoms with Crippen LogP contribution in [-0.4, -0.2) is 11.7 Å². The molecule has 0 heterocycles. The molecule has 1 aromatic rings. The van der Waals surface area contributed by atoms with Gasteiger partial charge in [0.25, 0.3) is 0 Å². The van der Waals surface area contributed by atoms with Crippen LogP contribution in [0.4, 0.5) is 8.78 Å². The van der Waals surface area contributed by atoms with Crippen molar-refractivity contribution in [2.75, 3.05) is 6.61 Å². The number of halogens is 3. The minimum Gasteiger partial charge on any atom is -0.396 e. The van der Waals surface area contributed by atoms with Gasteiger partial charge in [0.15, 0.2) is 11.6 Å². The van der Waals surface area contributed by atoms with E-state index in [2.05, 4.69) is 0 Å². The van der Waals surface area contributed by atoms with Gasteiger partial charge in [0.1, 0.15) is 0 Å². The predicted octanol–water partition coefficient (Wildman–Crippen LogP) is 1.77. The monoisotopic (exact) mass is 223 g/mol. The zero-order chi connectivity index (χ0) is 9.84. The molecule has 0 fully saturated rings. The highest BCUT2D eigenvalue weighted by atomic mass is 35.5. The molecule has 1 rings (SSSR count). The lowest BCUT2D eigenvalue weighted by molar-refractivity contribution is 0.275. The molecule has 0 bridgehead atoms. The minimum absolute atomic E-state index is 0. The van der Waals surface area contributed by atoms with Gasteiger partial charge in [0, 0.05) is 18.2 Å². The van der Waals surface area contributed by atoms with Crippen LogP contribution in [0.1, 0.15) is 18.0 Å². The van der Waals surface area contributed by atoms with Crippen molar-refractivity contribution in [3.63, 3.8) is 0 Å². The van der Waals surface area contributed by atoms with Crippen LogP contribution in [0.15, 0.2) is 18.2 Å². The van der Waals surface area contributed by atoms with Crippen molar-refractivity contribution < 1.29 is 13.9 Å². The van der Waals surface area contributed by atoms with E-state index in [1.54, 1.807) is 0 Å². The first kappa shape index (κ1) is 13.3. The fourth-order valence-corrected chi connectivity index (χ4v) is 1.10. The second-order valence-electron chi connectivity index (χ2n) is 2.76. The molecular weight excluding hydrogens is 212 g/mol. The molecule has 0 unspecified atom stereocenters. The molecule has 0 aromatic heterocycles. The number of rotatable bonds is 3. The first-order chi connectivity index (χ1) is 6.16. The van der Waals surface area contributed by atoms with Gasteiger partial charge >= 0.3 is 0 Å². The average molecular weight is 224 g/mol. The summed E-state index contributed by atoms with van der Waals surface area (Å²) in [7, 11) is 0. The number of aliphatic hydroxyl groups is 1. The van der Waals surface area contributed by atoms with Crippen LogP contribution in [0.25, 0.3) is 0 Å². The molecule has 0 radical (unpaired) electrons. The molecule has 0 spiro atoms. The molecule has 0 saturated carbocycles. The number of aliphatic hydroxyl groups excluding tert-OH is 1. The molecule has 0 aliphatic rings. The molecular formula is C9H12ClF2NO. The van der Waals surface area contributed by atoms with E-state index in [4.69, 9.17) is 10.8 Å². The van der Waals surface area contributed by atoms with Gasteiger partial charge in [-0.1, -0.05) is 12.1 Å². The number of hydrogen-bond donors (Lipinski definition) is 2. The van der Waals surface area contributed by atoms with Gasteiger partial charge < -0.3 is 10.8 Å². The Morgan fingerprint density at radius 3 is 2.57 bits per heavy atom. The second kappa shape index (κ2) is 5.90. The van der Waals surface area contributed by atoms with Crippen molar-refractivity contribution in [1.82, 2.24) is 0 Å². The predicted molar refractivity (Wildman–Crippen MR) is 52.2 cm³/mol. The Kier molecular flexibility index (Phi) is 5.60. The van der Waals surface area contributed by atoms with E-state index < -0.39 is 17.7 Å². The third-order valence-corrected chi connectivity index (χ3v) is 1.82. The van der Waals surface area contributed by atoms with Crippen molar-refractivity contribution in [1.29, 1.82) is 0 Å². The molecule has 3 N–H and O–H groups in total. The Hall–Kier alpha value is -0.710. The van der Waals surface area contributed by atoms with E-state index in [0.29, 0.717) is 0 Å². The summed E-state index contributed by atoms with van der Waals surface area (Å²) in [6, 6.07) is 3.19. The Morgan fingerprint density at radius 2 is 2.00 bits per heavy atom. The molecule has 0 aliphatic carbocycles. The zero-order valence-electron chi connectivity index (χ0n) is 7.41. The molecule has 0 aliphatic heterocycles. The summed E-state index contributed by atoms with van der Waals surface area (Å²) < 4.78 is 25.7. The van der Waals surface area contributed by atoms with Crippen LogP contribution in [-0.2, 0) is 0 Å². The summed E-state index contributed by atoms with van der Waals surface area (Å²) in [5.41, 5.74) is 5.61. The summed E-state index contributed by atoms with van der Waals surface area (Å²) >= 11 is 0. The van der Waals surface area contributed by atoms with Crippen LogP contribution in [0.3, 0.4) is 0 Å². The number of nitrogens with two attached hydrogens (primary N) is 1. The van der Waals surface area contributed by atoms with Gasteiger partial charge in [-0.05, 0) is 12.5 Å². The van der Waals surface area contributed by atoms with Crippen molar-refractivity contribution in [2.45, 2.75) is 12.5 Å². The Morgan fingerprint density at radius 1 is 1.36 bits per heavy atom. The van der Waals surface area contributed by atoms with E-state index in [1.165, 1.54) is 12.1 Å². The topological polar surface area (TPSA) is 46.2 Å². The van der Waals surface area contributed by atoms with Crippen LogP contribution in [0.2, 0.25) is 0 Å². The van der Waals surface area contributed by atoms with Gasteiger partial charge in [0.2, 0.25) is 0 Å². The highest BCUT2D eigenvalue weighted by Gasteiger charge is 2.13. The third kappa shape index (κ3) is 2.90. The van der Waals surface area contributed by atoms with E-state index in [0.717, 1.165) is 6.07 Å². The number of hydrogen-bond acceptors (Lipinski definition) is 2. The van der Waals surface area contributed by atoms with E-state index in [-0.39, 0.29) is 31.0 Å². The first-order valence-corrected chi connectivity index (χ1v) is 3.97. The summed E-state index contributed by atoms with van der Waals surface area (Å²) in [6.07, 6.45) is 0.223. The molecule has 1 aromatic carbocycles. The van der Waals surface area contributed by atoms with E-state index in [9.17, 15) is 8.78 Å². The fraction of sp³-hybridized carbons (Fsp3) is 0.333. The summed E-state index contributed by atoms with van der Waals surface area (Å²) in [4.78, 5) is 0. The molecule has 0 amide bonds. The molecule has 1 atom stereocenters. The third-order valence-electron chi connectivity index (χ3n) is 1.82. The first-order valence-electron chi connectivity index (χ1n) is 3.97. The normalized spacial score (nSPS) is 12.0. The van der Waals surface area contributed by atoms with Crippen molar-refractivity contribution in [3.8, 4) is 0 Å². The molecule has 5 heteroatoms. The van der Waals surface area contributed by atoms with Crippen molar-refractivity contribution in [3.05, 3.63) is 35.4 Å². The Balaban J connectivity index is 0.00000169. The minimum atomic E-state index is -0.927. The Bertz CT molecular complexity index is 296. The van der Waals surface area contributed by atoms with Gasteiger partial charge in [-0.2, -0.15) is 0 Å². The Labute approximate surface area is 87.1 Å². The molecule has 80 valence electrons. The largest absolute Gasteiger partial charge is 0.396 e. The maximum Gasteiger partial charge on any atom is 0.163 e. The van der Waals surface area contributed by atoms with E-state index in [1.807, 2.05) is 0 Å². The fourth-order valence-electron chi connectivity index (χ4n) is 1.10. The maximum atomic E-state index is 13.0. The highest BCUT2D eigenvalue weighted by Crippen LogP contribution is 2.19. The highest BCUT2D eigenvalue weighted by molar-refractivity contribution is 5.85. The quantitative estimate of drug-likeness (QED) is 0.821. The standard InChI is InChI=1S/C9H11F2NO.ClH/c10-7-3-1-2-6(9(7)11)8(12)4-5-13;/h1-3,8,13H,4-5,12H2;1H/t8-;/m0./s1. The molecule has 2 nitrogen and oxygen atoms in total. The van der Waals surface area contributed by atoms with Gasteiger partial charge in [0.05, 0.1) is 0 Å². The van der Waals surface area contributed by atoms with Gasteiger partial charge in [-0.15, -0.1) is 12.4 Å². The SMILES string of the molecule is Cl.N[C@@H](CCO)c1cccc(F)c1F. The summed E-state index contributed by atoms with van der Waals surface area (Å²) in [5, 5.41) is 8.56. The molecule has 0 saturated heterocycles. The van der Waals surface area contributed by atoms with Crippen LogP contribution in [0.5, 0.6) is 0 Å². The lowest BCUT2D eigenvalue weighted by Gasteiger charge is -2.11. The molecule has 14 heavy (non-hydrogen) atoms. The second-order valence-corrected chi connectivity index (χ2v) is 2.76. The van der Waals surface area contributed by atoms with Gasteiger partial charge in [-0.25, -0.2) is 8.78 Å². The van der Waals surface area contributed by atoms with E-state index >= 15 is 0 Å². The number of benzene rings is 1. The smallest absolute Gasteiger partial charge is 0.163 e. The summed E-state index contributed by atoms with van der Waals surface area (Å²) in [5.74, 6) is -1.84. The van der Waals surface area contributed by atoms with Crippen LogP contribution in [0, 0.1) is 11.6 Å². The summed E-state index contributed by atoms with van der Waals surface area (Å²) in [6.45, 7) is -0.142. The zero-order valence-corrected chi connectivity index (χ0v) is 8.23. The van der Waals surface area contributed by atoms with Crippen molar-refractivity contribution >= 4 is 12.4 Å². The lowest BCUT2D eigenvalue weighted by atomic mass is 10.0. The van der Waals surface area contributed by atoms with Crippen LogP contribution >= 0.6 is 12.4 Å². The maximum absolute atomic E-state index is 13.0. The lowest BCUT2D eigenvalue weighted by Crippen LogP contribution is -2.14. The average Bonchev–Trinajstić information content (AvgIpc) is 2.10.